The fourth-order valence-electron chi connectivity index (χ4n) is 2.76. The third-order valence-electron chi connectivity index (χ3n) is 4.18. The van der Waals surface area contributed by atoms with Crippen LogP contribution in [0.5, 0.6) is 0 Å². The van der Waals surface area contributed by atoms with Crippen molar-refractivity contribution in [2.75, 3.05) is 6.54 Å². The molecule has 0 aliphatic heterocycles. The molecule has 0 fully saturated rings. The highest BCUT2D eigenvalue weighted by Gasteiger charge is 2.16. The van der Waals surface area contributed by atoms with Crippen molar-refractivity contribution < 1.29 is 4.79 Å². The zero-order valence-corrected chi connectivity index (χ0v) is 15.1. The maximum Gasteiger partial charge on any atom is 0.164 e. The van der Waals surface area contributed by atoms with Crippen LogP contribution in [0.2, 0.25) is 5.02 Å². The van der Waals surface area contributed by atoms with Crippen LogP contribution in [-0.2, 0) is 0 Å². The number of halogens is 1. The highest BCUT2D eigenvalue weighted by molar-refractivity contribution is 6.30. The van der Waals surface area contributed by atoms with E-state index in [1.807, 2.05) is 54.6 Å². The number of rotatable bonds is 10. The third-order valence-corrected chi connectivity index (χ3v) is 4.43. The number of unbranched alkanes of at least 4 members (excludes halogenated alkanes) is 3. The largest absolute Gasteiger partial charge is 0.310 e. The summed E-state index contributed by atoms with van der Waals surface area (Å²) >= 11 is 5.99. The van der Waals surface area contributed by atoms with Crippen molar-refractivity contribution in [2.45, 2.75) is 45.1 Å². The number of carbonyl (C=O) groups excluding carboxylic acids is 1. The molecule has 2 aromatic carbocycles. The highest BCUT2D eigenvalue weighted by atomic mass is 35.5. The minimum atomic E-state index is 0.0246. The van der Waals surface area contributed by atoms with E-state index in [-0.39, 0.29) is 11.8 Å². The summed E-state index contributed by atoms with van der Waals surface area (Å²) in [6.45, 7) is 3.14. The first-order valence-electron chi connectivity index (χ1n) is 8.77. The van der Waals surface area contributed by atoms with E-state index in [1.54, 1.807) is 0 Å². The van der Waals surface area contributed by atoms with Gasteiger partial charge in [0.2, 0.25) is 0 Å². The molecule has 0 aromatic heterocycles. The average molecular weight is 344 g/mol. The second kappa shape index (κ2) is 10.3. The summed E-state index contributed by atoms with van der Waals surface area (Å²) in [5, 5.41) is 4.27. The number of hydrogen-bond acceptors (Lipinski definition) is 2. The minimum Gasteiger partial charge on any atom is -0.310 e. The summed E-state index contributed by atoms with van der Waals surface area (Å²) < 4.78 is 0. The molecule has 0 spiro atoms. The molecule has 1 atom stereocenters. The van der Waals surface area contributed by atoms with Crippen molar-refractivity contribution in [2.24, 2.45) is 0 Å². The van der Waals surface area contributed by atoms with E-state index in [0.717, 1.165) is 29.1 Å². The fourth-order valence-corrected chi connectivity index (χ4v) is 2.88. The maximum atomic E-state index is 12.6. The van der Waals surface area contributed by atoms with Gasteiger partial charge in [0, 0.05) is 23.0 Å². The van der Waals surface area contributed by atoms with Gasteiger partial charge in [-0.05, 0) is 30.7 Å². The Morgan fingerprint density at radius 3 is 2.38 bits per heavy atom. The molecule has 24 heavy (non-hydrogen) atoms. The van der Waals surface area contributed by atoms with Gasteiger partial charge in [-0.3, -0.25) is 4.79 Å². The number of hydrogen-bond donors (Lipinski definition) is 1. The summed E-state index contributed by atoms with van der Waals surface area (Å²) in [5.74, 6) is 0.164. The van der Waals surface area contributed by atoms with Crippen LogP contribution in [0.3, 0.4) is 0 Å². The number of carbonyl (C=O) groups is 1. The minimum absolute atomic E-state index is 0.0246. The fraction of sp³-hybridized carbons (Fsp3) is 0.381. The lowest BCUT2D eigenvalue weighted by atomic mass is 9.97. The van der Waals surface area contributed by atoms with Crippen LogP contribution in [0, 0.1) is 0 Å². The number of Topliss-reactive ketones (excluding diaryl/α,β-unsaturated/α-hetero) is 1. The van der Waals surface area contributed by atoms with Crippen LogP contribution < -0.4 is 5.32 Å². The van der Waals surface area contributed by atoms with Crippen LogP contribution >= 0.6 is 11.6 Å². The molecule has 0 saturated carbocycles. The lowest BCUT2D eigenvalue weighted by Gasteiger charge is -2.19. The first-order valence-corrected chi connectivity index (χ1v) is 9.15. The maximum absolute atomic E-state index is 12.6. The Morgan fingerprint density at radius 1 is 1.00 bits per heavy atom. The van der Waals surface area contributed by atoms with Crippen molar-refractivity contribution in [3.8, 4) is 0 Å². The molecular weight excluding hydrogens is 318 g/mol. The Balaban J connectivity index is 2.01. The second-order valence-corrected chi connectivity index (χ2v) is 6.55. The Bertz CT molecular complexity index is 609. The Labute approximate surface area is 150 Å². The quantitative estimate of drug-likeness (QED) is 0.434. The predicted molar refractivity (Wildman–Crippen MR) is 102 cm³/mol. The van der Waals surface area contributed by atoms with Gasteiger partial charge in [-0.1, -0.05) is 80.3 Å². The van der Waals surface area contributed by atoms with Gasteiger partial charge in [0.05, 0.1) is 0 Å². The van der Waals surface area contributed by atoms with Crippen LogP contribution in [0.25, 0.3) is 0 Å². The summed E-state index contributed by atoms with van der Waals surface area (Å²) in [6.07, 6.45) is 5.31. The zero-order valence-electron chi connectivity index (χ0n) is 14.3. The molecule has 2 aromatic rings. The summed E-state index contributed by atoms with van der Waals surface area (Å²) in [5.41, 5.74) is 1.88. The van der Waals surface area contributed by atoms with E-state index >= 15 is 0 Å². The van der Waals surface area contributed by atoms with Crippen molar-refractivity contribution in [1.82, 2.24) is 5.32 Å². The van der Waals surface area contributed by atoms with Gasteiger partial charge < -0.3 is 5.32 Å². The van der Waals surface area contributed by atoms with E-state index < -0.39 is 0 Å². The lowest BCUT2D eigenvalue weighted by Crippen LogP contribution is -2.25. The zero-order chi connectivity index (χ0) is 17.2. The molecule has 0 amide bonds. The van der Waals surface area contributed by atoms with Gasteiger partial charge in [-0.15, -0.1) is 0 Å². The SMILES string of the molecule is CCCCCCNC(CC(=O)c1ccccc1)c1ccc(Cl)cc1. The summed E-state index contributed by atoms with van der Waals surface area (Å²) in [4.78, 5) is 12.6. The summed E-state index contributed by atoms with van der Waals surface area (Å²) in [7, 11) is 0. The van der Waals surface area contributed by atoms with E-state index in [1.165, 1.54) is 19.3 Å². The molecule has 0 heterocycles. The van der Waals surface area contributed by atoms with E-state index in [0.29, 0.717) is 6.42 Å². The molecule has 3 heteroatoms. The predicted octanol–water partition coefficient (Wildman–Crippen LogP) is 5.82. The van der Waals surface area contributed by atoms with Gasteiger partial charge in [0.25, 0.3) is 0 Å². The lowest BCUT2D eigenvalue weighted by molar-refractivity contribution is 0.0968. The monoisotopic (exact) mass is 343 g/mol. The van der Waals surface area contributed by atoms with E-state index in [9.17, 15) is 4.79 Å². The normalized spacial score (nSPS) is 12.1. The molecular formula is C21H26ClNO. The molecule has 0 radical (unpaired) electrons. The van der Waals surface area contributed by atoms with Gasteiger partial charge in [0.15, 0.2) is 5.78 Å². The van der Waals surface area contributed by atoms with Crippen LogP contribution in [-0.4, -0.2) is 12.3 Å². The molecule has 2 nitrogen and oxygen atoms in total. The molecule has 0 aliphatic carbocycles. The van der Waals surface area contributed by atoms with Gasteiger partial charge in [0.1, 0.15) is 0 Å². The standard InChI is InChI=1S/C21H26ClNO/c1-2-3-4-8-15-23-20(17-11-13-19(22)14-12-17)16-21(24)18-9-6-5-7-10-18/h5-7,9-14,20,23H,2-4,8,15-16H2,1H3. The first-order chi connectivity index (χ1) is 11.7. The van der Waals surface area contributed by atoms with Crippen molar-refractivity contribution in [1.29, 1.82) is 0 Å². The van der Waals surface area contributed by atoms with Crippen molar-refractivity contribution in [3.63, 3.8) is 0 Å². The Morgan fingerprint density at radius 2 is 1.71 bits per heavy atom. The second-order valence-electron chi connectivity index (χ2n) is 6.11. The topological polar surface area (TPSA) is 29.1 Å². The van der Waals surface area contributed by atoms with Gasteiger partial charge in [-0.25, -0.2) is 0 Å². The van der Waals surface area contributed by atoms with E-state index in [2.05, 4.69) is 12.2 Å². The van der Waals surface area contributed by atoms with Crippen LogP contribution in [0.1, 0.15) is 61.0 Å². The van der Waals surface area contributed by atoms with Gasteiger partial charge in [-0.2, -0.15) is 0 Å². The van der Waals surface area contributed by atoms with Crippen molar-refractivity contribution in [3.05, 3.63) is 70.7 Å². The Kier molecular flexibility index (Phi) is 8.00. The smallest absolute Gasteiger partial charge is 0.164 e. The number of benzene rings is 2. The third kappa shape index (κ3) is 6.10. The molecule has 0 aliphatic rings. The van der Waals surface area contributed by atoms with Gasteiger partial charge >= 0.3 is 0 Å². The average Bonchev–Trinajstić information content (AvgIpc) is 2.62. The van der Waals surface area contributed by atoms with Crippen molar-refractivity contribution >= 4 is 17.4 Å². The molecule has 1 unspecified atom stereocenters. The van der Waals surface area contributed by atoms with E-state index in [4.69, 9.17) is 11.6 Å². The summed E-state index contributed by atoms with van der Waals surface area (Å²) in [6, 6.07) is 17.3. The molecule has 1 N–H and O–H groups in total. The van der Waals surface area contributed by atoms with Crippen LogP contribution in [0.15, 0.2) is 54.6 Å². The number of nitrogens with one attached hydrogen (secondary N) is 1. The first kappa shape index (κ1) is 18.7. The molecule has 128 valence electrons. The highest BCUT2D eigenvalue weighted by Crippen LogP contribution is 2.21. The Hall–Kier alpha value is -1.64. The van der Waals surface area contributed by atoms with Crippen LogP contribution in [0.4, 0.5) is 0 Å². The molecule has 2 rings (SSSR count). The number of ketones is 1. The molecule has 0 bridgehead atoms. The molecule has 0 saturated heterocycles.